The van der Waals surface area contributed by atoms with E-state index >= 15 is 0 Å². The molecular weight excluding hydrogens is 370 g/mol. The van der Waals surface area contributed by atoms with Crippen molar-refractivity contribution in [3.8, 4) is 28.7 Å². The Morgan fingerprint density at radius 2 is 1.59 bits per heavy atom. The number of nitrogens with zero attached hydrogens (tertiary/aromatic N) is 3. The van der Waals surface area contributed by atoms with Crippen LogP contribution in [0.3, 0.4) is 0 Å². The molecule has 2 aromatic carbocycles. The summed E-state index contributed by atoms with van der Waals surface area (Å²) >= 11 is 0. The highest BCUT2D eigenvalue weighted by Crippen LogP contribution is 2.33. The predicted octanol–water partition coefficient (Wildman–Crippen LogP) is 3.09. The van der Waals surface area contributed by atoms with Crippen molar-refractivity contribution in [1.29, 1.82) is 0 Å². The molecule has 1 N–H and O–H groups in total. The van der Waals surface area contributed by atoms with E-state index < -0.39 is 0 Å². The lowest BCUT2D eigenvalue weighted by atomic mass is 10.1. The van der Waals surface area contributed by atoms with Gasteiger partial charge in [0.1, 0.15) is 12.0 Å². The molecule has 3 aromatic rings. The second kappa shape index (κ2) is 7.77. The number of hydrogen-bond acceptors (Lipinski definition) is 7. The molecule has 150 valence electrons. The molecule has 2 aliphatic rings. The first kappa shape index (κ1) is 18.0. The van der Waals surface area contributed by atoms with Crippen molar-refractivity contribution in [2.45, 2.75) is 13.1 Å². The quantitative estimate of drug-likeness (QED) is 0.714. The zero-order chi connectivity index (χ0) is 19.6. The molecule has 1 saturated heterocycles. The minimum absolute atomic E-state index is 0.235. The fraction of sp³-hybridized carbons (Fsp3) is 0.318. The summed E-state index contributed by atoms with van der Waals surface area (Å²) in [5.41, 5.74) is 3.04. The van der Waals surface area contributed by atoms with Gasteiger partial charge in [-0.25, -0.2) is 4.98 Å². The number of phenols is 1. The van der Waals surface area contributed by atoms with Crippen LogP contribution in [0.4, 0.5) is 0 Å². The molecule has 0 bridgehead atoms. The zero-order valence-corrected chi connectivity index (χ0v) is 16.1. The second-order valence-electron chi connectivity index (χ2n) is 7.43. The third-order valence-corrected chi connectivity index (χ3v) is 5.36. The summed E-state index contributed by atoms with van der Waals surface area (Å²) in [7, 11) is 0. The molecule has 3 heterocycles. The van der Waals surface area contributed by atoms with Crippen molar-refractivity contribution in [3.63, 3.8) is 0 Å². The Kier molecular flexibility index (Phi) is 4.83. The third kappa shape index (κ3) is 4.06. The maximum atomic E-state index is 9.41. The third-order valence-electron chi connectivity index (χ3n) is 5.36. The number of benzene rings is 2. The van der Waals surface area contributed by atoms with Gasteiger partial charge < -0.3 is 19.0 Å². The van der Waals surface area contributed by atoms with Crippen LogP contribution in [0, 0.1) is 0 Å². The summed E-state index contributed by atoms with van der Waals surface area (Å²) < 4.78 is 16.5. The molecule has 5 rings (SSSR count). The molecule has 0 radical (unpaired) electrons. The first-order valence-corrected chi connectivity index (χ1v) is 9.80. The SMILES string of the molecule is Oc1ccc(-c2nc(CN3CCN(Cc4ccc5c(c4)OCO5)CC3)co2)cc1. The lowest BCUT2D eigenvalue weighted by Gasteiger charge is -2.34. The van der Waals surface area contributed by atoms with Crippen molar-refractivity contribution in [2.24, 2.45) is 0 Å². The standard InChI is InChI=1S/C22H23N3O4/c26-19-4-2-17(3-5-19)22-23-18(14-27-22)13-25-9-7-24(8-10-25)12-16-1-6-20-21(11-16)29-15-28-20/h1-6,11,14,26H,7-10,12-13,15H2. The van der Waals surface area contributed by atoms with Gasteiger partial charge in [-0.15, -0.1) is 0 Å². The van der Waals surface area contributed by atoms with E-state index in [2.05, 4.69) is 26.9 Å². The molecule has 0 unspecified atom stereocenters. The van der Waals surface area contributed by atoms with Gasteiger partial charge in [0.25, 0.3) is 0 Å². The summed E-state index contributed by atoms with van der Waals surface area (Å²) in [6, 6.07) is 13.1. The zero-order valence-electron chi connectivity index (χ0n) is 16.1. The van der Waals surface area contributed by atoms with Crippen molar-refractivity contribution in [3.05, 3.63) is 60.0 Å². The fourth-order valence-electron chi connectivity index (χ4n) is 3.75. The topological polar surface area (TPSA) is 71.2 Å². The maximum absolute atomic E-state index is 9.41. The van der Waals surface area contributed by atoms with Gasteiger partial charge in [-0.2, -0.15) is 0 Å². The van der Waals surface area contributed by atoms with Crippen LogP contribution in [0.2, 0.25) is 0 Å². The van der Waals surface area contributed by atoms with E-state index in [0.717, 1.165) is 62.0 Å². The smallest absolute Gasteiger partial charge is 0.231 e. The van der Waals surface area contributed by atoms with Crippen molar-refractivity contribution >= 4 is 0 Å². The van der Waals surface area contributed by atoms with E-state index in [1.54, 1.807) is 30.5 Å². The van der Waals surface area contributed by atoms with E-state index in [1.165, 1.54) is 5.56 Å². The first-order chi connectivity index (χ1) is 14.2. The Labute approximate surface area is 169 Å². The minimum Gasteiger partial charge on any atom is -0.508 e. The van der Waals surface area contributed by atoms with E-state index in [4.69, 9.17) is 13.9 Å². The number of phenolic OH excluding ortho intramolecular Hbond substituents is 1. The van der Waals surface area contributed by atoms with E-state index in [9.17, 15) is 5.11 Å². The minimum atomic E-state index is 0.235. The average molecular weight is 393 g/mol. The monoisotopic (exact) mass is 393 g/mol. The normalized spacial score (nSPS) is 17.0. The highest BCUT2D eigenvalue weighted by molar-refractivity contribution is 5.54. The largest absolute Gasteiger partial charge is 0.508 e. The Morgan fingerprint density at radius 3 is 2.38 bits per heavy atom. The van der Waals surface area contributed by atoms with Crippen LogP contribution in [0.25, 0.3) is 11.5 Å². The van der Waals surface area contributed by atoms with Gasteiger partial charge in [0.2, 0.25) is 12.7 Å². The summed E-state index contributed by atoms with van der Waals surface area (Å²) in [6.45, 7) is 6.01. The number of aromatic nitrogens is 1. The molecule has 7 heteroatoms. The predicted molar refractivity (Wildman–Crippen MR) is 107 cm³/mol. The van der Waals surface area contributed by atoms with E-state index in [-0.39, 0.29) is 5.75 Å². The highest BCUT2D eigenvalue weighted by Gasteiger charge is 2.20. The summed E-state index contributed by atoms with van der Waals surface area (Å²) in [5, 5.41) is 9.41. The lowest BCUT2D eigenvalue weighted by Crippen LogP contribution is -2.45. The van der Waals surface area contributed by atoms with Crippen LogP contribution >= 0.6 is 0 Å². The van der Waals surface area contributed by atoms with Gasteiger partial charge in [0.05, 0.1) is 5.69 Å². The van der Waals surface area contributed by atoms with Gasteiger partial charge in [0.15, 0.2) is 11.5 Å². The van der Waals surface area contributed by atoms with Gasteiger partial charge >= 0.3 is 0 Å². The number of rotatable bonds is 5. The molecule has 0 aliphatic carbocycles. The van der Waals surface area contributed by atoms with Crippen molar-refractivity contribution < 1.29 is 19.0 Å². The maximum Gasteiger partial charge on any atom is 0.231 e. The molecule has 29 heavy (non-hydrogen) atoms. The number of fused-ring (bicyclic) bond motifs is 1. The molecule has 0 saturated carbocycles. The Balaban J connectivity index is 1.14. The number of piperazine rings is 1. The number of ether oxygens (including phenoxy) is 2. The van der Waals surface area contributed by atoms with E-state index in [1.807, 2.05) is 6.07 Å². The van der Waals surface area contributed by atoms with Crippen molar-refractivity contribution in [1.82, 2.24) is 14.8 Å². The molecule has 0 atom stereocenters. The molecule has 0 spiro atoms. The number of aromatic hydroxyl groups is 1. The molecule has 1 fully saturated rings. The molecule has 0 amide bonds. The average Bonchev–Trinajstić information content (AvgIpc) is 3.39. The Hall–Kier alpha value is -3.03. The summed E-state index contributed by atoms with van der Waals surface area (Å²) in [6.07, 6.45) is 1.72. The molecule has 1 aromatic heterocycles. The summed E-state index contributed by atoms with van der Waals surface area (Å²) in [4.78, 5) is 9.45. The van der Waals surface area contributed by atoms with Crippen LogP contribution in [-0.4, -0.2) is 52.9 Å². The van der Waals surface area contributed by atoms with Crippen LogP contribution in [-0.2, 0) is 13.1 Å². The van der Waals surface area contributed by atoms with Crippen LogP contribution in [0.15, 0.2) is 53.1 Å². The van der Waals surface area contributed by atoms with Crippen LogP contribution in [0.1, 0.15) is 11.3 Å². The van der Waals surface area contributed by atoms with Gasteiger partial charge in [-0.1, -0.05) is 6.07 Å². The Bertz CT molecular complexity index is 978. The van der Waals surface area contributed by atoms with E-state index in [0.29, 0.717) is 12.7 Å². The molecular formula is C22H23N3O4. The first-order valence-electron chi connectivity index (χ1n) is 9.80. The summed E-state index contributed by atoms with van der Waals surface area (Å²) in [5.74, 6) is 2.50. The fourth-order valence-corrected chi connectivity index (χ4v) is 3.75. The molecule has 7 nitrogen and oxygen atoms in total. The van der Waals surface area contributed by atoms with Crippen LogP contribution < -0.4 is 9.47 Å². The number of hydrogen-bond donors (Lipinski definition) is 1. The second-order valence-corrected chi connectivity index (χ2v) is 7.43. The Morgan fingerprint density at radius 1 is 0.862 bits per heavy atom. The molecule has 2 aliphatic heterocycles. The van der Waals surface area contributed by atoms with Gasteiger partial charge in [0, 0.05) is 44.8 Å². The van der Waals surface area contributed by atoms with Gasteiger partial charge in [-0.05, 0) is 42.0 Å². The van der Waals surface area contributed by atoms with Crippen molar-refractivity contribution in [2.75, 3.05) is 33.0 Å². The van der Waals surface area contributed by atoms with Gasteiger partial charge in [-0.3, -0.25) is 9.80 Å². The number of oxazole rings is 1. The van der Waals surface area contributed by atoms with Crippen LogP contribution in [0.5, 0.6) is 17.2 Å². The lowest BCUT2D eigenvalue weighted by molar-refractivity contribution is 0.121. The highest BCUT2D eigenvalue weighted by atomic mass is 16.7.